The molecule has 1 heterocycles. The molecule has 1 saturated heterocycles. The Morgan fingerprint density at radius 1 is 1.16 bits per heavy atom. The van der Waals surface area contributed by atoms with Gasteiger partial charge in [-0.1, -0.05) is 6.07 Å². The van der Waals surface area contributed by atoms with E-state index in [2.05, 4.69) is 5.32 Å². The lowest BCUT2D eigenvalue weighted by molar-refractivity contribution is -0.122. The van der Waals surface area contributed by atoms with Gasteiger partial charge in [0.15, 0.2) is 0 Å². The average molecular weight is 362 g/mol. The number of thioether (sulfide) groups is 1. The number of nitrogens with zero attached hydrogens (tertiary/aromatic N) is 1. The van der Waals surface area contributed by atoms with Crippen molar-refractivity contribution in [3.63, 3.8) is 0 Å². The summed E-state index contributed by atoms with van der Waals surface area (Å²) in [5, 5.41) is 2.26. The first kappa shape index (κ1) is 17.4. The van der Waals surface area contributed by atoms with Gasteiger partial charge in [-0.25, -0.2) is 8.78 Å². The van der Waals surface area contributed by atoms with E-state index >= 15 is 0 Å². The van der Waals surface area contributed by atoms with Crippen LogP contribution in [0.5, 0.6) is 0 Å². The number of hydrogen-bond acceptors (Lipinski definition) is 3. The van der Waals surface area contributed by atoms with Gasteiger partial charge in [0, 0.05) is 23.5 Å². The molecule has 0 saturated carbocycles. The summed E-state index contributed by atoms with van der Waals surface area (Å²) in [5.74, 6) is -3.11. The molecule has 2 aromatic rings. The van der Waals surface area contributed by atoms with Crippen LogP contribution in [0.15, 0.2) is 47.4 Å². The fraction of sp³-hybridized carbons (Fsp3) is 0.222. The van der Waals surface area contributed by atoms with Gasteiger partial charge in [0.1, 0.15) is 17.3 Å². The van der Waals surface area contributed by atoms with E-state index in [1.807, 2.05) is 30.5 Å². The zero-order chi connectivity index (χ0) is 18.0. The quantitative estimate of drug-likeness (QED) is 0.844. The molecular weight excluding hydrogens is 346 g/mol. The lowest BCUT2D eigenvalue weighted by atomic mass is 10.1. The molecule has 25 heavy (non-hydrogen) atoms. The SMILES string of the molecule is CSc1ccc(N2CC(C(=O)Nc3c(F)cccc3F)CC2=O)cc1. The topological polar surface area (TPSA) is 49.4 Å². The van der Waals surface area contributed by atoms with E-state index in [-0.39, 0.29) is 18.9 Å². The predicted molar refractivity (Wildman–Crippen MR) is 93.7 cm³/mol. The molecule has 1 aliphatic heterocycles. The standard InChI is InChI=1S/C18H16F2N2O2S/c1-25-13-7-5-12(6-8-13)22-10-11(9-16(22)23)18(24)21-17-14(19)3-2-4-15(17)20/h2-8,11H,9-10H2,1H3,(H,21,24). The van der Waals surface area contributed by atoms with Crippen molar-refractivity contribution in [2.24, 2.45) is 5.92 Å². The van der Waals surface area contributed by atoms with E-state index in [0.717, 1.165) is 17.0 Å². The molecule has 2 amide bonds. The molecule has 4 nitrogen and oxygen atoms in total. The first-order valence-electron chi connectivity index (χ1n) is 7.69. The Kier molecular flexibility index (Phi) is 5.03. The molecule has 1 unspecified atom stereocenters. The molecule has 0 bridgehead atoms. The molecule has 0 aromatic heterocycles. The number of halogens is 2. The van der Waals surface area contributed by atoms with Gasteiger partial charge < -0.3 is 10.2 Å². The van der Waals surface area contributed by atoms with Crippen LogP contribution >= 0.6 is 11.8 Å². The zero-order valence-electron chi connectivity index (χ0n) is 13.5. The van der Waals surface area contributed by atoms with Crippen LogP contribution in [0.1, 0.15) is 6.42 Å². The van der Waals surface area contributed by atoms with Gasteiger partial charge in [0.2, 0.25) is 11.8 Å². The largest absolute Gasteiger partial charge is 0.321 e. The van der Waals surface area contributed by atoms with Crippen molar-refractivity contribution in [3.8, 4) is 0 Å². The highest BCUT2D eigenvalue weighted by atomic mass is 32.2. The second kappa shape index (κ2) is 7.23. The van der Waals surface area contributed by atoms with Gasteiger partial charge in [0.05, 0.1) is 5.92 Å². The van der Waals surface area contributed by atoms with Crippen molar-refractivity contribution in [3.05, 3.63) is 54.1 Å². The van der Waals surface area contributed by atoms with Crippen LogP contribution in [0, 0.1) is 17.6 Å². The van der Waals surface area contributed by atoms with Gasteiger partial charge >= 0.3 is 0 Å². The summed E-state index contributed by atoms with van der Waals surface area (Å²) in [6, 6.07) is 10.8. The molecule has 1 atom stereocenters. The first-order chi connectivity index (χ1) is 12.0. The summed E-state index contributed by atoms with van der Waals surface area (Å²) in [4.78, 5) is 27.1. The van der Waals surface area contributed by atoms with Crippen molar-refractivity contribution in [1.82, 2.24) is 0 Å². The molecule has 0 aliphatic carbocycles. The van der Waals surface area contributed by atoms with E-state index in [1.54, 1.807) is 11.8 Å². The maximum absolute atomic E-state index is 13.7. The minimum atomic E-state index is -0.845. The van der Waals surface area contributed by atoms with Crippen molar-refractivity contribution in [1.29, 1.82) is 0 Å². The molecule has 3 rings (SSSR count). The molecule has 0 radical (unpaired) electrons. The van der Waals surface area contributed by atoms with Gasteiger partial charge in [-0.2, -0.15) is 0 Å². The van der Waals surface area contributed by atoms with Crippen LogP contribution in [0.3, 0.4) is 0 Å². The van der Waals surface area contributed by atoms with Crippen molar-refractivity contribution >= 4 is 35.0 Å². The Morgan fingerprint density at radius 3 is 2.40 bits per heavy atom. The first-order valence-corrected chi connectivity index (χ1v) is 8.91. The average Bonchev–Trinajstić information content (AvgIpc) is 3.00. The Hall–Kier alpha value is -2.41. The molecular formula is C18H16F2N2O2S. The normalized spacial score (nSPS) is 17.0. The Morgan fingerprint density at radius 2 is 1.80 bits per heavy atom. The maximum atomic E-state index is 13.7. The third-order valence-electron chi connectivity index (χ3n) is 4.09. The van der Waals surface area contributed by atoms with Gasteiger partial charge in [0.25, 0.3) is 0 Å². The molecule has 1 aliphatic rings. The number of anilines is 2. The third kappa shape index (κ3) is 3.66. The van der Waals surface area contributed by atoms with Crippen LogP contribution in [0.4, 0.5) is 20.2 Å². The smallest absolute Gasteiger partial charge is 0.229 e. The number of para-hydroxylation sites is 1. The van der Waals surface area contributed by atoms with Crippen molar-refractivity contribution < 1.29 is 18.4 Å². The number of amides is 2. The minimum Gasteiger partial charge on any atom is -0.321 e. The highest BCUT2D eigenvalue weighted by Gasteiger charge is 2.35. The van der Waals surface area contributed by atoms with Gasteiger partial charge in [-0.15, -0.1) is 11.8 Å². The molecule has 0 spiro atoms. The fourth-order valence-corrected chi connectivity index (χ4v) is 3.15. The molecule has 130 valence electrons. The van der Waals surface area contributed by atoms with Gasteiger partial charge in [-0.3, -0.25) is 9.59 Å². The zero-order valence-corrected chi connectivity index (χ0v) is 14.3. The van der Waals surface area contributed by atoms with E-state index < -0.39 is 29.1 Å². The highest BCUT2D eigenvalue weighted by Crippen LogP contribution is 2.28. The summed E-state index contributed by atoms with van der Waals surface area (Å²) in [6.07, 6.45) is 1.96. The second-order valence-electron chi connectivity index (χ2n) is 5.69. The van der Waals surface area contributed by atoms with E-state index in [4.69, 9.17) is 0 Å². The monoisotopic (exact) mass is 362 g/mol. The summed E-state index contributed by atoms with van der Waals surface area (Å²) in [5.41, 5.74) is 0.220. The van der Waals surface area contributed by atoms with Crippen LogP contribution in [-0.2, 0) is 9.59 Å². The second-order valence-corrected chi connectivity index (χ2v) is 6.57. The van der Waals surface area contributed by atoms with Crippen molar-refractivity contribution in [2.75, 3.05) is 23.0 Å². The van der Waals surface area contributed by atoms with Crippen LogP contribution in [0.2, 0.25) is 0 Å². The number of nitrogens with one attached hydrogen (secondary N) is 1. The molecule has 1 fully saturated rings. The summed E-state index contributed by atoms with van der Waals surface area (Å²) in [7, 11) is 0. The minimum absolute atomic E-state index is 0.00614. The Balaban J connectivity index is 1.72. The Bertz CT molecular complexity index is 791. The van der Waals surface area contributed by atoms with Crippen LogP contribution in [0.25, 0.3) is 0 Å². The summed E-state index contributed by atoms with van der Waals surface area (Å²) < 4.78 is 27.3. The number of carbonyl (C=O) groups excluding carboxylic acids is 2. The molecule has 2 aromatic carbocycles. The van der Waals surface area contributed by atoms with E-state index in [0.29, 0.717) is 5.69 Å². The Labute approximate surface area is 148 Å². The number of carbonyl (C=O) groups is 2. The molecule has 7 heteroatoms. The maximum Gasteiger partial charge on any atom is 0.229 e. The fourth-order valence-electron chi connectivity index (χ4n) is 2.74. The van der Waals surface area contributed by atoms with Crippen LogP contribution < -0.4 is 10.2 Å². The van der Waals surface area contributed by atoms with Crippen LogP contribution in [-0.4, -0.2) is 24.6 Å². The van der Waals surface area contributed by atoms with Gasteiger partial charge in [-0.05, 0) is 42.7 Å². The number of benzene rings is 2. The predicted octanol–water partition coefficient (Wildman–Crippen LogP) is 3.68. The third-order valence-corrected chi connectivity index (χ3v) is 4.83. The molecule has 1 N–H and O–H groups in total. The van der Waals surface area contributed by atoms with Crippen molar-refractivity contribution in [2.45, 2.75) is 11.3 Å². The highest BCUT2D eigenvalue weighted by molar-refractivity contribution is 7.98. The summed E-state index contributed by atoms with van der Waals surface area (Å²) in [6.45, 7) is 0.180. The number of rotatable bonds is 4. The lowest BCUT2D eigenvalue weighted by Crippen LogP contribution is -2.28. The summed E-state index contributed by atoms with van der Waals surface area (Å²) >= 11 is 1.59. The number of hydrogen-bond donors (Lipinski definition) is 1. The van der Waals surface area contributed by atoms with E-state index in [9.17, 15) is 18.4 Å². The lowest BCUT2D eigenvalue weighted by Gasteiger charge is -2.17. The van der Waals surface area contributed by atoms with E-state index in [1.165, 1.54) is 11.0 Å².